The van der Waals surface area contributed by atoms with Crippen LogP contribution in [0.1, 0.15) is 42.4 Å². The molecule has 0 amide bonds. The predicted molar refractivity (Wildman–Crippen MR) is 64.5 cm³/mol. The van der Waals surface area contributed by atoms with E-state index in [0.717, 1.165) is 37.8 Å². The van der Waals surface area contributed by atoms with Crippen LogP contribution < -0.4 is 0 Å². The number of methoxy groups -OCH3 is 1. The molecule has 1 saturated carbocycles. The number of alkyl halides is 3. The predicted octanol–water partition coefficient (Wildman–Crippen LogP) is 3.61. The lowest BCUT2D eigenvalue weighted by molar-refractivity contribution is -0.137. The molecule has 1 N–H and O–H groups in total. The first-order valence-electron chi connectivity index (χ1n) is 6.29. The quantitative estimate of drug-likeness (QED) is 0.912. The van der Waals surface area contributed by atoms with Crippen molar-refractivity contribution in [2.24, 2.45) is 0 Å². The Morgan fingerprint density at radius 3 is 2.37 bits per heavy atom. The van der Waals surface area contributed by atoms with Crippen molar-refractivity contribution in [3.8, 4) is 0 Å². The van der Waals surface area contributed by atoms with Crippen molar-refractivity contribution < 1.29 is 23.0 Å². The van der Waals surface area contributed by atoms with Crippen molar-refractivity contribution in [1.82, 2.24) is 0 Å². The van der Waals surface area contributed by atoms with E-state index in [4.69, 9.17) is 4.74 Å². The van der Waals surface area contributed by atoms with Crippen LogP contribution in [0.15, 0.2) is 18.2 Å². The molecule has 1 aromatic carbocycles. The summed E-state index contributed by atoms with van der Waals surface area (Å²) in [5, 5.41) is 9.36. The molecule has 0 unspecified atom stereocenters. The molecule has 1 aliphatic rings. The van der Waals surface area contributed by atoms with Crippen LogP contribution >= 0.6 is 0 Å². The van der Waals surface area contributed by atoms with Crippen LogP contribution in [0, 0.1) is 0 Å². The van der Waals surface area contributed by atoms with E-state index in [1.165, 1.54) is 6.07 Å². The molecule has 2 rings (SSSR count). The van der Waals surface area contributed by atoms with E-state index in [1.807, 2.05) is 0 Å². The minimum atomic E-state index is -4.39. The van der Waals surface area contributed by atoms with Gasteiger partial charge in [-0.1, -0.05) is 18.9 Å². The fourth-order valence-corrected chi connectivity index (χ4v) is 2.87. The number of hydrogen-bond acceptors (Lipinski definition) is 2. The lowest BCUT2D eigenvalue weighted by Gasteiger charge is -2.30. The van der Waals surface area contributed by atoms with Crippen LogP contribution in [0.3, 0.4) is 0 Å². The second-order valence-electron chi connectivity index (χ2n) is 4.93. The highest BCUT2D eigenvalue weighted by Gasteiger charge is 2.38. The second-order valence-corrected chi connectivity index (χ2v) is 4.93. The smallest absolute Gasteiger partial charge is 0.392 e. The first-order valence-corrected chi connectivity index (χ1v) is 6.29. The largest absolute Gasteiger partial charge is 0.416 e. The summed E-state index contributed by atoms with van der Waals surface area (Å²) < 4.78 is 43.6. The van der Waals surface area contributed by atoms with Crippen LogP contribution in [0.4, 0.5) is 13.2 Å². The third-order valence-electron chi connectivity index (χ3n) is 3.90. The van der Waals surface area contributed by atoms with E-state index in [9.17, 15) is 18.3 Å². The average molecular weight is 274 g/mol. The summed E-state index contributed by atoms with van der Waals surface area (Å²) in [6.07, 6.45) is -0.860. The van der Waals surface area contributed by atoms with Crippen molar-refractivity contribution in [2.75, 3.05) is 7.11 Å². The van der Waals surface area contributed by atoms with Gasteiger partial charge in [0.25, 0.3) is 0 Å². The van der Waals surface area contributed by atoms with Gasteiger partial charge >= 0.3 is 6.18 Å². The van der Waals surface area contributed by atoms with Gasteiger partial charge < -0.3 is 9.84 Å². The Bertz CT molecular complexity index is 448. The maximum atomic E-state index is 12.7. The van der Waals surface area contributed by atoms with Gasteiger partial charge in [-0.3, -0.25) is 0 Å². The highest BCUT2D eigenvalue weighted by atomic mass is 19.4. The summed E-state index contributed by atoms with van der Waals surface area (Å²) in [4.78, 5) is 0. The number of ether oxygens (including phenoxy) is 1. The Morgan fingerprint density at radius 2 is 1.89 bits per heavy atom. The molecule has 1 aliphatic carbocycles. The average Bonchev–Trinajstić information content (AvgIpc) is 2.86. The molecule has 19 heavy (non-hydrogen) atoms. The Balaban J connectivity index is 2.46. The molecular formula is C14H17F3O2. The van der Waals surface area contributed by atoms with Crippen LogP contribution in [-0.4, -0.2) is 12.2 Å². The summed E-state index contributed by atoms with van der Waals surface area (Å²) in [6.45, 7) is -0.412. The summed E-state index contributed by atoms with van der Waals surface area (Å²) in [7, 11) is 1.57. The molecule has 0 heterocycles. The number of benzene rings is 1. The molecule has 0 saturated heterocycles. The Hall–Kier alpha value is -1.07. The van der Waals surface area contributed by atoms with E-state index in [2.05, 4.69) is 0 Å². The molecule has 1 aromatic rings. The molecule has 0 radical (unpaired) electrons. The van der Waals surface area contributed by atoms with Crippen LogP contribution in [0.5, 0.6) is 0 Å². The Labute approximate surface area is 110 Å². The third-order valence-corrected chi connectivity index (χ3v) is 3.90. The van der Waals surface area contributed by atoms with E-state index in [0.29, 0.717) is 11.1 Å². The molecule has 0 aromatic heterocycles. The standard InChI is InChI=1S/C14H17F3O2/c1-19-13(6-2-3-7-13)12-5-4-11(14(15,16)17)8-10(12)9-18/h4-5,8,18H,2-3,6-7,9H2,1H3. The topological polar surface area (TPSA) is 29.5 Å². The van der Waals surface area contributed by atoms with Gasteiger partial charge in [0.2, 0.25) is 0 Å². The Kier molecular flexibility index (Phi) is 3.87. The number of aliphatic hydroxyl groups is 1. The fraction of sp³-hybridized carbons (Fsp3) is 0.571. The summed E-state index contributed by atoms with van der Waals surface area (Å²) in [6, 6.07) is 3.53. The first-order chi connectivity index (χ1) is 8.93. The molecule has 0 bridgehead atoms. The van der Waals surface area contributed by atoms with Crippen LogP contribution in [-0.2, 0) is 23.1 Å². The van der Waals surface area contributed by atoms with Gasteiger partial charge in [0.05, 0.1) is 17.8 Å². The summed E-state index contributed by atoms with van der Waals surface area (Å²) >= 11 is 0. The van der Waals surface area contributed by atoms with Gasteiger partial charge in [-0.2, -0.15) is 13.2 Å². The van der Waals surface area contributed by atoms with Gasteiger partial charge in [0, 0.05) is 7.11 Å². The molecule has 5 heteroatoms. The zero-order valence-electron chi connectivity index (χ0n) is 10.8. The first kappa shape index (κ1) is 14.3. The Morgan fingerprint density at radius 1 is 1.26 bits per heavy atom. The van der Waals surface area contributed by atoms with E-state index in [1.54, 1.807) is 7.11 Å². The van der Waals surface area contributed by atoms with Crippen LogP contribution in [0.25, 0.3) is 0 Å². The molecule has 0 atom stereocenters. The van der Waals surface area contributed by atoms with Crippen molar-refractivity contribution in [2.45, 2.75) is 44.1 Å². The summed E-state index contributed by atoms with van der Waals surface area (Å²) in [5.41, 5.74) is -0.284. The van der Waals surface area contributed by atoms with Gasteiger partial charge in [-0.05, 0) is 36.1 Å². The number of hydrogen-bond donors (Lipinski definition) is 1. The lowest BCUT2D eigenvalue weighted by atomic mass is 9.87. The minimum absolute atomic E-state index is 0.304. The minimum Gasteiger partial charge on any atom is -0.392 e. The number of rotatable bonds is 3. The molecular weight excluding hydrogens is 257 g/mol. The monoisotopic (exact) mass is 274 g/mol. The number of aliphatic hydroxyl groups excluding tert-OH is 1. The van der Waals surface area contributed by atoms with Gasteiger partial charge in [0.15, 0.2) is 0 Å². The maximum Gasteiger partial charge on any atom is 0.416 e. The lowest BCUT2D eigenvalue weighted by Crippen LogP contribution is -2.26. The number of halogens is 3. The summed E-state index contributed by atoms with van der Waals surface area (Å²) in [5.74, 6) is 0. The van der Waals surface area contributed by atoms with Gasteiger partial charge in [-0.25, -0.2) is 0 Å². The molecule has 0 aliphatic heterocycles. The fourth-order valence-electron chi connectivity index (χ4n) is 2.87. The van der Waals surface area contributed by atoms with Crippen molar-refractivity contribution in [3.05, 3.63) is 34.9 Å². The van der Waals surface area contributed by atoms with Crippen LogP contribution in [0.2, 0.25) is 0 Å². The van der Waals surface area contributed by atoms with E-state index in [-0.39, 0.29) is 0 Å². The van der Waals surface area contributed by atoms with Crippen molar-refractivity contribution in [1.29, 1.82) is 0 Å². The van der Waals surface area contributed by atoms with E-state index >= 15 is 0 Å². The molecule has 0 spiro atoms. The SMILES string of the molecule is COC1(c2ccc(C(F)(F)F)cc2CO)CCCC1. The molecule has 106 valence electrons. The molecule has 1 fully saturated rings. The van der Waals surface area contributed by atoms with Crippen molar-refractivity contribution in [3.63, 3.8) is 0 Å². The zero-order chi connectivity index (χ0) is 14.1. The van der Waals surface area contributed by atoms with E-state index < -0.39 is 23.9 Å². The maximum absolute atomic E-state index is 12.7. The second kappa shape index (κ2) is 5.13. The zero-order valence-corrected chi connectivity index (χ0v) is 10.8. The highest BCUT2D eigenvalue weighted by molar-refractivity contribution is 5.37. The van der Waals surface area contributed by atoms with Crippen molar-refractivity contribution >= 4 is 0 Å². The van der Waals surface area contributed by atoms with Gasteiger partial charge in [-0.15, -0.1) is 0 Å². The third kappa shape index (κ3) is 2.62. The highest BCUT2D eigenvalue weighted by Crippen LogP contribution is 2.44. The molecule has 2 nitrogen and oxygen atoms in total. The normalized spacial score (nSPS) is 18.8. The van der Waals surface area contributed by atoms with Gasteiger partial charge in [0.1, 0.15) is 0 Å².